The van der Waals surface area contributed by atoms with E-state index < -0.39 is 0 Å². The summed E-state index contributed by atoms with van der Waals surface area (Å²) in [5.74, 6) is 1.12. The topological polar surface area (TPSA) is 67.4 Å². The largest absolute Gasteiger partial charge is 0.364 e. The second-order valence-electron chi connectivity index (χ2n) is 11.8. The molecule has 0 aliphatic carbocycles. The average Bonchev–Trinajstić information content (AvgIpc) is 3.68. The third-order valence-electron chi connectivity index (χ3n) is 9.90. The summed E-state index contributed by atoms with van der Waals surface area (Å²) in [5, 5.41) is 3.88. The lowest BCUT2D eigenvalue weighted by atomic mass is 9.70. The van der Waals surface area contributed by atoms with Crippen LogP contribution in [0, 0.1) is 6.92 Å². The first-order valence-electron chi connectivity index (χ1n) is 14.6. The summed E-state index contributed by atoms with van der Waals surface area (Å²) in [6, 6.07) is 23.1. The van der Waals surface area contributed by atoms with E-state index in [2.05, 4.69) is 76.1 Å². The Bertz CT molecular complexity index is 1420. The van der Waals surface area contributed by atoms with Crippen molar-refractivity contribution in [1.82, 2.24) is 24.5 Å². The number of hydrogen-bond donors (Lipinski definition) is 0. The van der Waals surface area contributed by atoms with Crippen LogP contribution in [0.2, 0.25) is 0 Å². The highest BCUT2D eigenvalue weighted by molar-refractivity contribution is 5.92. The van der Waals surface area contributed by atoms with Crippen molar-refractivity contribution >= 4 is 16.9 Å². The quantitative estimate of drug-likeness (QED) is 0.321. The normalized spacial score (nSPS) is 24.8. The molecule has 7 nitrogen and oxygen atoms in total. The van der Waals surface area contributed by atoms with Gasteiger partial charge in [-0.25, -0.2) is 4.98 Å². The first-order chi connectivity index (χ1) is 19.1. The molecule has 0 saturated carbocycles. The van der Waals surface area contributed by atoms with E-state index in [0.717, 1.165) is 50.2 Å². The van der Waals surface area contributed by atoms with Crippen molar-refractivity contribution in [3.63, 3.8) is 0 Å². The number of imidazole rings is 1. The second kappa shape index (κ2) is 9.94. The number of hydrogen-bond acceptors (Lipinski definition) is 5. The number of piperidine rings is 2. The Hall–Kier alpha value is -3.45. The van der Waals surface area contributed by atoms with Crippen LogP contribution in [0.15, 0.2) is 71.4 Å². The second-order valence-corrected chi connectivity index (χ2v) is 11.8. The molecule has 2 aromatic heterocycles. The van der Waals surface area contributed by atoms with Crippen molar-refractivity contribution in [2.75, 3.05) is 19.6 Å². The maximum atomic E-state index is 12.9. The number of likely N-dealkylation sites (tertiary alicyclic amines) is 1. The molecule has 2 aromatic carbocycles. The lowest BCUT2D eigenvalue weighted by Gasteiger charge is -2.45. The first kappa shape index (κ1) is 24.6. The van der Waals surface area contributed by atoms with E-state index in [-0.39, 0.29) is 11.3 Å². The lowest BCUT2D eigenvalue weighted by Crippen LogP contribution is -2.49. The van der Waals surface area contributed by atoms with Crippen LogP contribution in [-0.2, 0) is 5.41 Å². The van der Waals surface area contributed by atoms with Gasteiger partial charge in [0.15, 0.2) is 5.69 Å². The van der Waals surface area contributed by atoms with Crippen LogP contribution in [0.5, 0.6) is 0 Å². The van der Waals surface area contributed by atoms with Crippen molar-refractivity contribution in [3.05, 3.63) is 84.0 Å². The minimum Gasteiger partial charge on any atom is -0.364 e. The number of rotatable bonds is 6. The van der Waals surface area contributed by atoms with Gasteiger partial charge in [0.25, 0.3) is 5.91 Å². The average molecular weight is 524 g/mol. The number of aryl methyl sites for hydroxylation is 1. The van der Waals surface area contributed by atoms with Gasteiger partial charge in [0.1, 0.15) is 12.1 Å². The zero-order valence-corrected chi connectivity index (χ0v) is 22.7. The summed E-state index contributed by atoms with van der Waals surface area (Å²) < 4.78 is 7.44. The zero-order valence-electron chi connectivity index (χ0n) is 22.7. The summed E-state index contributed by atoms with van der Waals surface area (Å²) in [5.41, 5.74) is 4.31. The van der Waals surface area contributed by atoms with E-state index >= 15 is 0 Å². The molecule has 2 atom stereocenters. The first-order valence-corrected chi connectivity index (χ1v) is 14.6. The number of amides is 1. The fourth-order valence-electron chi connectivity index (χ4n) is 7.89. The van der Waals surface area contributed by atoms with Crippen molar-refractivity contribution < 1.29 is 9.32 Å². The maximum absolute atomic E-state index is 12.9. The van der Waals surface area contributed by atoms with Crippen LogP contribution in [0.4, 0.5) is 0 Å². The third kappa shape index (κ3) is 4.37. The number of para-hydroxylation sites is 2. The van der Waals surface area contributed by atoms with E-state index in [9.17, 15) is 4.79 Å². The SMILES string of the molecule is Cc1nc2ccccc2n1C1CC2CCC(C1)N2CCC1(c2ccccc2)CCN(C(=O)c2ccon2)CC1. The predicted molar refractivity (Wildman–Crippen MR) is 151 cm³/mol. The number of carbonyl (C=O) groups excluding carboxylic acids is 1. The summed E-state index contributed by atoms with van der Waals surface area (Å²) in [7, 11) is 0. The predicted octanol–water partition coefficient (Wildman–Crippen LogP) is 5.76. The zero-order chi connectivity index (χ0) is 26.4. The summed E-state index contributed by atoms with van der Waals surface area (Å²) in [6.07, 6.45) is 9.56. The Morgan fingerprint density at radius 1 is 0.949 bits per heavy atom. The molecule has 0 N–H and O–H groups in total. The Morgan fingerprint density at radius 2 is 1.67 bits per heavy atom. The van der Waals surface area contributed by atoms with E-state index in [1.54, 1.807) is 6.07 Å². The van der Waals surface area contributed by atoms with Gasteiger partial charge in [0.05, 0.1) is 11.0 Å². The van der Waals surface area contributed by atoms with Gasteiger partial charge in [-0.2, -0.15) is 0 Å². The monoisotopic (exact) mass is 523 g/mol. The van der Waals surface area contributed by atoms with Gasteiger partial charge in [-0.05, 0) is 81.5 Å². The number of aromatic nitrogens is 3. The van der Waals surface area contributed by atoms with Crippen LogP contribution in [0.3, 0.4) is 0 Å². The highest BCUT2D eigenvalue weighted by atomic mass is 16.5. The molecular weight excluding hydrogens is 486 g/mol. The molecular formula is C32H37N5O2. The van der Waals surface area contributed by atoms with E-state index in [1.807, 2.05) is 4.90 Å². The molecule has 1 amide bonds. The van der Waals surface area contributed by atoms with Crippen molar-refractivity contribution in [2.45, 2.75) is 75.4 Å². The van der Waals surface area contributed by atoms with Crippen LogP contribution >= 0.6 is 0 Å². The van der Waals surface area contributed by atoms with Gasteiger partial charge in [-0.3, -0.25) is 9.69 Å². The minimum atomic E-state index is -0.0205. The molecule has 3 fully saturated rings. The number of carbonyl (C=O) groups is 1. The van der Waals surface area contributed by atoms with Crippen LogP contribution < -0.4 is 0 Å². The number of fused-ring (bicyclic) bond motifs is 3. The molecule has 3 saturated heterocycles. The van der Waals surface area contributed by atoms with E-state index in [4.69, 9.17) is 9.51 Å². The highest BCUT2D eigenvalue weighted by Gasteiger charge is 2.44. The molecule has 39 heavy (non-hydrogen) atoms. The maximum Gasteiger partial charge on any atom is 0.276 e. The van der Waals surface area contributed by atoms with Crippen LogP contribution in [0.1, 0.15) is 72.9 Å². The Kier molecular flexibility index (Phi) is 6.26. The highest BCUT2D eigenvalue weighted by Crippen LogP contribution is 2.45. The molecule has 7 rings (SSSR count). The molecule has 2 unspecified atom stereocenters. The van der Waals surface area contributed by atoms with Crippen LogP contribution in [-0.4, -0.2) is 62.1 Å². The lowest BCUT2D eigenvalue weighted by molar-refractivity contribution is 0.0598. The Labute approximate surface area is 229 Å². The summed E-state index contributed by atoms with van der Waals surface area (Å²) in [6.45, 7) is 4.79. The molecule has 5 heterocycles. The number of benzene rings is 2. The summed E-state index contributed by atoms with van der Waals surface area (Å²) in [4.78, 5) is 22.6. The van der Waals surface area contributed by atoms with Crippen LogP contribution in [0.25, 0.3) is 11.0 Å². The standard InChI is InChI=1S/C32H37N5O2/c1-23-33-28-9-5-6-10-30(28)37(23)27-21-25-11-12-26(22-27)36(25)19-16-32(24-7-3-2-4-8-24)14-17-35(18-15-32)31(38)29-13-20-39-34-29/h2-10,13,20,25-27H,11-12,14-19,21-22H2,1H3. The fraction of sp³-hybridized carbons (Fsp3) is 0.469. The smallest absolute Gasteiger partial charge is 0.276 e. The van der Waals surface area contributed by atoms with Crippen molar-refractivity contribution in [2.24, 2.45) is 0 Å². The van der Waals surface area contributed by atoms with Gasteiger partial charge >= 0.3 is 0 Å². The van der Waals surface area contributed by atoms with Crippen molar-refractivity contribution in [1.29, 1.82) is 0 Å². The van der Waals surface area contributed by atoms with E-state index in [1.165, 1.54) is 43.0 Å². The van der Waals surface area contributed by atoms with Gasteiger partial charge in [-0.15, -0.1) is 0 Å². The molecule has 4 aromatic rings. The minimum absolute atomic E-state index is 0.0205. The summed E-state index contributed by atoms with van der Waals surface area (Å²) >= 11 is 0. The van der Waals surface area contributed by atoms with E-state index in [0.29, 0.717) is 23.8 Å². The van der Waals surface area contributed by atoms with Gasteiger partial charge in [0.2, 0.25) is 0 Å². The Morgan fingerprint density at radius 3 is 2.38 bits per heavy atom. The van der Waals surface area contributed by atoms with Gasteiger partial charge in [-0.1, -0.05) is 47.6 Å². The molecule has 3 aliphatic rings. The molecule has 3 aliphatic heterocycles. The van der Waals surface area contributed by atoms with Crippen molar-refractivity contribution in [3.8, 4) is 0 Å². The fourth-order valence-corrected chi connectivity index (χ4v) is 7.89. The molecule has 0 spiro atoms. The molecule has 202 valence electrons. The molecule has 2 bridgehead atoms. The number of nitrogens with zero attached hydrogens (tertiary/aromatic N) is 5. The molecule has 0 radical (unpaired) electrons. The Balaban J connectivity index is 1.07. The van der Waals surface area contributed by atoms with Gasteiger partial charge < -0.3 is 14.0 Å². The third-order valence-corrected chi connectivity index (χ3v) is 9.90. The molecule has 7 heteroatoms. The van der Waals surface area contributed by atoms with Gasteiger partial charge in [0, 0.05) is 37.3 Å².